The van der Waals surface area contributed by atoms with Gasteiger partial charge in [0.05, 0.1) is 7.11 Å². The van der Waals surface area contributed by atoms with E-state index in [1.54, 1.807) is 0 Å². The van der Waals surface area contributed by atoms with Crippen molar-refractivity contribution in [1.29, 1.82) is 0 Å². The first-order valence-corrected chi connectivity index (χ1v) is 5.78. The van der Waals surface area contributed by atoms with Crippen LogP contribution in [-0.2, 0) is 19.7 Å². The van der Waals surface area contributed by atoms with Crippen LogP contribution < -0.4 is 9.44 Å². The Labute approximate surface area is 93.2 Å². The molecule has 0 rings (SSSR count). The standard InChI is InChI=1S/C7H14N2O6S/c1-4(2)5(6(10)11)8-16(13,14)9-7(12)15-3/h4-5,8H,1-3H3,(H,9,12)(H,10,11)/t5-/m0/s1. The summed E-state index contributed by atoms with van der Waals surface area (Å²) in [6.07, 6.45) is -1.19. The van der Waals surface area contributed by atoms with E-state index in [2.05, 4.69) is 4.74 Å². The van der Waals surface area contributed by atoms with Crippen molar-refractivity contribution in [3.63, 3.8) is 0 Å². The van der Waals surface area contributed by atoms with Gasteiger partial charge in [0.1, 0.15) is 6.04 Å². The lowest BCUT2D eigenvalue weighted by Gasteiger charge is -2.17. The number of hydrogen-bond acceptors (Lipinski definition) is 5. The molecular weight excluding hydrogens is 240 g/mol. The first-order valence-electron chi connectivity index (χ1n) is 4.30. The van der Waals surface area contributed by atoms with E-state index in [0.717, 1.165) is 7.11 Å². The molecule has 3 N–H and O–H groups in total. The summed E-state index contributed by atoms with van der Waals surface area (Å²) in [5, 5.41) is 8.73. The largest absolute Gasteiger partial charge is 0.480 e. The fourth-order valence-electron chi connectivity index (χ4n) is 0.820. The zero-order chi connectivity index (χ0) is 12.9. The monoisotopic (exact) mass is 254 g/mol. The number of rotatable bonds is 5. The van der Waals surface area contributed by atoms with Crippen molar-refractivity contribution in [3.05, 3.63) is 0 Å². The predicted octanol–water partition coefficient (Wildman–Crippen LogP) is -0.714. The highest BCUT2D eigenvalue weighted by Crippen LogP contribution is 2.02. The van der Waals surface area contributed by atoms with Crippen molar-refractivity contribution in [1.82, 2.24) is 9.44 Å². The van der Waals surface area contributed by atoms with Crippen LogP contribution in [-0.4, -0.2) is 38.7 Å². The molecule has 0 heterocycles. The average molecular weight is 254 g/mol. The smallest absolute Gasteiger partial charge is 0.421 e. The molecular formula is C7H14N2O6S. The first-order chi connectivity index (χ1) is 7.19. The van der Waals surface area contributed by atoms with Crippen LogP contribution in [0, 0.1) is 5.92 Å². The second kappa shape index (κ2) is 5.66. The minimum absolute atomic E-state index is 0.466. The minimum Gasteiger partial charge on any atom is -0.480 e. The summed E-state index contributed by atoms with van der Waals surface area (Å²) < 4.78 is 29.8. The highest BCUT2D eigenvalue weighted by molar-refractivity contribution is 7.88. The molecule has 0 unspecified atom stereocenters. The van der Waals surface area contributed by atoms with Gasteiger partial charge in [-0.1, -0.05) is 13.8 Å². The Kier molecular flexibility index (Phi) is 5.18. The molecule has 0 aliphatic carbocycles. The number of ether oxygens (including phenoxy) is 1. The first kappa shape index (κ1) is 14.6. The van der Waals surface area contributed by atoms with Gasteiger partial charge in [-0.15, -0.1) is 0 Å². The lowest BCUT2D eigenvalue weighted by atomic mass is 10.1. The quantitative estimate of drug-likeness (QED) is 0.595. The molecule has 94 valence electrons. The fourth-order valence-corrected chi connectivity index (χ4v) is 1.89. The van der Waals surface area contributed by atoms with Gasteiger partial charge in [0.25, 0.3) is 0 Å². The summed E-state index contributed by atoms with van der Waals surface area (Å²) in [5.74, 6) is -1.79. The molecule has 1 amide bonds. The average Bonchev–Trinajstić information content (AvgIpc) is 2.12. The Bertz CT molecular complexity index is 363. The molecule has 0 spiro atoms. The lowest BCUT2D eigenvalue weighted by molar-refractivity contribution is -0.140. The van der Waals surface area contributed by atoms with Crippen LogP contribution in [0.4, 0.5) is 4.79 Å². The topological polar surface area (TPSA) is 122 Å². The van der Waals surface area contributed by atoms with E-state index in [0.29, 0.717) is 0 Å². The number of aliphatic carboxylic acids is 1. The maximum Gasteiger partial charge on any atom is 0.421 e. The molecule has 0 aromatic heterocycles. The van der Waals surface area contributed by atoms with Gasteiger partial charge in [-0.2, -0.15) is 13.1 Å². The summed E-state index contributed by atoms with van der Waals surface area (Å²) in [5.41, 5.74) is 0. The number of amides is 1. The van der Waals surface area contributed by atoms with Gasteiger partial charge >= 0.3 is 22.3 Å². The van der Waals surface area contributed by atoms with Gasteiger partial charge < -0.3 is 9.84 Å². The summed E-state index contributed by atoms with van der Waals surface area (Å²) in [4.78, 5) is 21.4. The van der Waals surface area contributed by atoms with Crippen molar-refractivity contribution < 1.29 is 27.9 Å². The molecule has 0 aliphatic rings. The molecule has 1 atom stereocenters. The number of carbonyl (C=O) groups is 2. The zero-order valence-electron chi connectivity index (χ0n) is 9.05. The number of carboxylic acid groups (broad SMARTS) is 1. The Morgan fingerprint density at radius 2 is 1.81 bits per heavy atom. The van der Waals surface area contributed by atoms with Crippen molar-refractivity contribution in [2.75, 3.05) is 7.11 Å². The molecule has 0 radical (unpaired) electrons. The van der Waals surface area contributed by atoms with Gasteiger partial charge in [-0.05, 0) is 5.92 Å². The second-order valence-corrected chi connectivity index (χ2v) is 4.72. The third kappa shape index (κ3) is 4.94. The van der Waals surface area contributed by atoms with E-state index in [9.17, 15) is 18.0 Å². The molecule has 0 aromatic carbocycles. The molecule has 0 bridgehead atoms. The Hall–Kier alpha value is -1.35. The van der Waals surface area contributed by atoms with Crippen LogP contribution in [0.3, 0.4) is 0 Å². The van der Waals surface area contributed by atoms with Crippen LogP contribution in [0.15, 0.2) is 0 Å². The summed E-state index contributed by atoms with van der Waals surface area (Å²) in [7, 11) is -3.25. The van der Waals surface area contributed by atoms with Crippen LogP contribution >= 0.6 is 0 Å². The van der Waals surface area contributed by atoms with E-state index >= 15 is 0 Å². The molecule has 0 saturated carbocycles. The molecule has 9 heteroatoms. The fraction of sp³-hybridized carbons (Fsp3) is 0.714. The van der Waals surface area contributed by atoms with Crippen molar-refractivity contribution in [2.45, 2.75) is 19.9 Å². The van der Waals surface area contributed by atoms with E-state index < -0.39 is 34.2 Å². The van der Waals surface area contributed by atoms with Gasteiger partial charge in [0.2, 0.25) is 0 Å². The Balaban J connectivity index is 4.68. The molecule has 0 saturated heterocycles. The van der Waals surface area contributed by atoms with Gasteiger partial charge in [-0.3, -0.25) is 4.79 Å². The number of carbonyl (C=O) groups excluding carboxylic acids is 1. The van der Waals surface area contributed by atoms with Crippen LogP contribution in [0.25, 0.3) is 0 Å². The Morgan fingerprint density at radius 1 is 1.31 bits per heavy atom. The van der Waals surface area contributed by atoms with Crippen molar-refractivity contribution >= 4 is 22.3 Å². The van der Waals surface area contributed by atoms with Crippen LogP contribution in [0.1, 0.15) is 13.8 Å². The maximum absolute atomic E-state index is 11.2. The molecule has 16 heavy (non-hydrogen) atoms. The summed E-state index contributed by atoms with van der Waals surface area (Å²) in [6, 6.07) is -1.32. The highest BCUT2D eigenvalue weighted by Gasteiger charge is 2.27. The molecule has 0 aromatic rings. The van der Waals surface area contributed by atoms with Crippen LogP contribution in [0.2, 0.25) is 0 Å². The third-order valence-electron chi connectivity index (χ3n) is 1.62. The summed E-state index contributed by atoms with van der Waals surface area (Å²) >= 11 is 0. The minimum atomic E-state index is -4.24. The van der Waals surface area contributed by atoms with E-state index in [-0.39, 0.29) is 0 Å². The number of carboxylic acids is 1. The van der Waals surface area contributed by atoms with E-state index in [1.807, 2.05) is 4.72 Å². The highest BCUT2D eigenvalue weighted by atomic mass is 32.2. The SMILES string of the molecule is COC(=O)NS(=O)(=O)N[C@H](C(=O)O)C(C)C. The van der Waals surface area contributed by atoms with Crippen molar-refractivity contribution in [2.24, 2.45) is 5.92 Å². The number of nitrogens with one attached hydrogen (secondary N) is 2. The second-order valence-electron chi connectivity index (χ2n) is 3.27. The van der Waals surface area contributed by atoms with E-state index in [1.165, 1.54) is 18.6 Å². The molecule has 0 aliphatic heterocycles. The maximum atomic E-state index is 11.2. The molecule has 0 fully saturated rings. The third-order valence-corrected chi connectivity index (χ3v) is 2.62. The van der Waals surface area contributed by atoms with E-state index in [4.69, 9.17) is 5.11 Å². The zero-order valence-corrected chi connectivity index (χ0v) is 9.87. The van der Waals surface area contributed by atoms with Gasteiger partial charge in [0, 0.05) is 0 Å². The summed E-state index contributed by atoms with van der Waals surface area (Å²) in [6.45, 7) is 3.05. The molecule has 8 nitrogen and oxygen atoms in total. The number of hydrogen-bond donors (Lipinski definition) is 3. The van der Waals surface area contributed by atoms with Crippen molar-refractivity contribution in [3.8, 4) is 0 Å². The van der Waals surface area contributed by atoms with Gasteiger partial charge in [0.15, 0.2) is 0 Å². The van der Waals surface area contributed by atoms with Gasteiger partial charge in [-0.25, -0.2) is 9.52 Å². The number of methoxy groups -OCH3 is 1. The Morgan fingerprint density at radius 3 is 2.12 bits per heavy atom. The lowest BCUT2D eigenvalue weighted by Crippen LogP contribution is -2.50. The normalized spacial score (nSPS) is 13.2. The van der Waals surface area contributed by atoms with Crippen LogP contribution in [0.5, 0.6) is 0 Å². The predicted molar refractivity (Wildman–Crippen MR) is 53.9 cm³/mol.